The number of anilines is 1. The Hall–Kier alpha value is -2.05. The minimum Gasteiger partial charge on any atom is -0.492 e. The highest BCUT2D eigenvalue weighted by Gasteiger charge is 2.23. The van der Waals surface area contributed by atoms with Crippen molar-refractivity contribution < 1.29 is 19.0 Å². The molecule has 0 atom stereocenters. The van der Waals surface area contributed by atoms with Crippen molar-refractivity contribution in [3.8, 4) is 17.0 Å². The maximum atomic E-state index is 14.5. The lowest BCUT2D eigenvalue weighted by Gasteiger charge is -2.14. The number of nitrogens with two attached hydrogens (primary N) is 1. The lowest BCUT2D eigenvalue weighted by Crippen LogP contribution is -2.08. The minimum atomic E-state index is -1.36. The van der Waals surface area contributed by atoms with E-state index in [0.29, 0.717) is 5.56 Å². The first-order valence-corrected chi connectivity index (χ1v) is 6.76. The maximum absolute atomic E-state index is 14.5. The summed E-state index contributed by atoms with van der Waals surface area (Å²) in [4.78, 5) is 15.1. The van der Waals surface area contributed by atoms with Gasteiger partial charge in [0.15, 0.2) is 17.3 Å². The molecule has 5 nitrogen and oxygen atoms in total. The van der Waals surface area contributed by atoms with Gasteiger partial charge in [0.25, 0.3) is 0 Å². The molecule has 0 aliphatic rings. The lowest BCUT2D eigenvalue weighted by atomic mass is 10.0. The molecule has 0 radical (unpaired) electrons. The molecule has 0 bridgehead atoms. The molecule has 0 unspecified atom stereocenters. The van der Waals surface area contributed by atoms with Crippen LogP contribution in [0.5, 0.6) is 5.75 Å². The summed E-state index contributed by atoms with van der Waals surface area (Å²) in [6.07, 6.45) is 0. The van der Waals surface area contributed by atoms with E-state index in [1.807, 2.05) is 0 Å². The van der Waals surface area contributed by atoms with Gasteiger partial charge in [-0.2, -0.15) is 0 Å². The maximum Gasteiger partial charge on any atom is 0.356 e. The van der Waals surface area contributed by atoms with E-state index in [-0.39, 0.29) is 32.7 Å². The smallest absolute Gasteiger partial charge is 0.356 e. The number of aromatic carboxylic acids is 1. The van der Waals surface area contributed by atoms with Crippen molar-refractivity contribution in [2.45, 2.75) is 6.92 Å². The molecule has 8 heteroatoms. The third-order valence-corrected chi connectivity index (χ3v) is 3.82. The molecule has 0 saturated carbocycles. The van der Waals surface area contributed by atoms with Crippen molar-refractivity contribution in [2.24, 2.45) is 0 Å². The van der Waals surface area contributed by atoms with Gasteiger partial charge in [0.05, 0.1) is 28.5 Å². The fraction of sp³-hybridized carbons (Fsp3) is 0.143. The van der Waals surface area contributed by atoms with Crippen molar-refractivity contribution in [3.63, 3.8) is 0 Å². The van der Waals surface area contributed by atoms with Crippen molar-refractivity contribution in [1.82, 2.24) is 4.98 Å². The van der Waals surface area contributed by atoms with Gasteiger partial charge in [0.1, 0.15) is 0 Å². The number of nitrogen functional groups attached to an aromatic ring is 1. The van der Waals surface area contributed by atoms with Crippen LogP contribution in [0.3, 0.4) is 0 Å². The Morgan fingerprint density at radius 2 is 2.05 bits per heavy atom. The molecule has 2 aromatic rings. The Kier molecular flexibility index (Phi) is 4.44. The molecule has 0 spiro atoms. The molecule has 116 valence electrons. The van der Waals surface area contributed by atoms with Crippen LogP contribution in [0.25, 0.3) is 11.3 Å². The fourth-order valence-corrected chi connectivity index (χ4v) is 2.46. The third-order valence-electron chi connectivity index (χ3n) is 3.14. The van der Waals surface area contributed by atoms with Gasteiger partial charge in [-0.15, -0.1) is 0 Å². The topological polar surface area (TPSA) is 85.4 Å². The van der Waals surface area contributed by atoms with E-state index in [1.165, 1.54) is 19.2 Å². The normalized spacial score (nSPS) is 10.6. The number of methoxy groups -OCH3 is 1. The summed E-state index contributed by atoms with van der Waals surface area (Å²) in [6.45, 7) is 1.57. The van der Waals surface area contributed by atoms with Crippen LogP contribution < -0.4 is 10.5 Å². The zero-order valence-corrected chi connectivity index (χ0v) is 13.1. The Morgan fingerprint density at radius 3 is 2.59 bits per heavy atom. The SMILES string of the molecule is COc1c(Cl)ccc(-c2nc(C(=O)O)c(Cl)c(N)c2C)c1F. The molecule has 0 aliphatic heterocycles. The number of hydrogen-bond acceptors (Lipinski definition) is 4. The Balaban J connectivity index is 2.81. The van der Waals surface area contributed by atoms with Crippen LogP contribution in [-0.4, -0.2) is 23.2 Å². The van der Waals surface area contributed by atoms with E-state index in [2.05, 4.69) is 4.98 Å². The van der Waals surface area contributed by atoms with Crippen LogP contribution in [0, 0.1) is 12.7 Å². The summed E-state index contributed by atoms with van der Waals surface area (Å²) in [7, 11) is 1.27. The molecule has 0 aliphatic carbocycles. The predicted molar refractivity (Wildman–Crippen MR) is 82.3 cm³/mol. The minimum absolute atomic E-state index is 0.0182. The average Bonchev–Trinajstić information content (AvgIpc) is 2.46. The second-order valence-electron chi connectivity index (χ2n) is 4.41. The first-order chi connectivity index (χ1) is 10.3. The van der Waals surface area contributed by atoms with Gasteiger partial charge in [-0.25, -0.2) is 14.2 Å². The van der Waals surface area contributed by atoms with Gasteiger partial charge in [-0.3, -0.25) is 0 Å². The van der Waals surface area contributed by atoms with Crippen LogP contribution in [0.2, 0.25) is 10.0 Å². The van der Waals surface area contributed by atoms with Crippen molar-refractivity contribution in [2.75, 3.05) is 12.8 Å². The number of carbonyl (C=O) groups is 1. The predicted octanol–water partition coefficient (Wildman–Crippen LogP) is 3.79. The van der Waals surface area contributed by atoms with E-state index in [0.717, 1.165) is 0 Å². The molecular weight excluding hydrogens is 334 g/mol. The van der Waals surface area contributed by atoms with E-state index < -0.39 is 17.5 Å². The van der Waals surface area contributed by atoms with Crippen LogP contribution in [0.1, 0.15) is 16.1 Å². The highest BCUT2D eigenvalue weighted by Crippen LogP contribution is 2.38. The van der Waals surface area contributed by atoms with Crippen LogP contribution >= 0.6 is 23.2 Å². The Morgan fingerprint density at radius 1 is 1.41 bits per heavy atom. The summed E-state index contributed by atoms with van der Waals surface area (Å²) >= 11 is 11.7. The summed E-state index contributed by atoms with van der Waals surface area (Å²) in [5.41, 5.74) is 5.81. The number of rotatable bonds is 3. The fourth-order valence-electron chi connectivity index (χ4n) is 1.97. The number of carboxylic acid groups (broad SMARTS) is 1. The highest BCUT2D eigenvalue weighted by molar-refractivity contribution is 6.36. The number of aromatic nitrogens is 1. The molecular formula is C14H11Cl2FN2O3. The number of carboxylic acids is 1. The Bertz CT molecular complexity index is 781. The second kappa shape index (κ2) is 5.98. The average molecular weight is 345 g/mol. The number of nitrogens with zero attached hydrogens (tertiary/aromatic N) is 1. The number of pyridine rings is 1. The van der Waals surface area contributed by atoms with Crippen molar-refractivity contribution in [1.29, 1.82) is 0 Å². The van der Waals surface area contributed by atoms with Gasteiger partial charge in [0.2, 0.25) is 0 Å². The first kappa shape index (κ1) is 16.3. The molecule has 1 heterocycles. The zero-order valence-electron chi connectivity index (χ0n) is 11.6. The van der Waals surface area contributed by atoms with Crippen LogP contribution in [0.15, 0.2) is 12.1 Å². The van der Waals surface area contributed by atoms with Crippen LogP contribution in [0.4, 0.5) is 10.1 Å². The van der Waals surface area contributed by atoms with Gasteiger partial charge in [0, 0.05) is 5.56 Å². The lowest BCUT2D eigenvalue weighted by molar-refractivity contribution is 0.0691. The number of ether oxygens (including phenoxy) is 1. The molecule has 0 saturated heterocycles. The number of benzene rings is 1. The molecule has 0 amide bonds. The van der Waals surface area contributed by atoms with E-state index in [9.17, 15) is 9.18 Å². The van der Waals surface area contributed by atoms with Crippen molar-refractivity contribution in [3.05, 3.63) is 39.3 Å². The van der Waals surface area contributed by atoms with Gasteiger partial charge < -0.3 is 15.6 Å². The van der Waals surface area contributed by atoms with E-state index in [1.54, 1.807) is 6.92 Å². The van der Waals surface area contributed by atoms with Gasteiger partial charge >= 0.3 is 5.97 Å². The summed E-state index contributed by atoms with van der Waals surface area (Å²) in [5, 5.41) is 9.02. The molecule has 2 rings (SSSR count). The Labute approximate surface area is 135 Å². The summed E-state index contributed by atoms with van der Waals surface area (Å²) in [6, 6.07) is 2.79. The second-order valence-corrected chi connectivity index (χ2v) is 5.19. The van der Waals surface area contributed by atoms with E-state index in [4.69, 9.17) is 38.8 Å². The summed E-state index contributed by atoms with van der Waals surface area (Å²) < 4.78 is 19.4. The largest absolute Gasteiger partial charge is 0.492 e. The van der Waals surface area contributed by atoms with Crippen LogP contribution in [-0.2, 0) is 0 Å². The van der Waals surface area contributed by atoms with E-state index >= 15 is 0 Å². The third kappa shape index (κ3) is 2.55. The van der Waals surface area contributed by atoms with Gasteiger partial charge in [-0.1, -0.05) is 23.2 Å². The quantitative estimate of drug-likeness (QED) is 0.884. The first-order valence-electron chi connectivity index (χ1n) is 6.00. The highest BCUT2D eigenvalue weighted by atomic mass is 35.5. The molecule has 1 aromatic heterocycles. The number of hydrogen-bond donors (Lipinski definition) is 2. The molecule has 0 fully saturated rings. The monoisotopic (exact) mass is 344 g/mol. The molecule has 1 aromatic carbocycles. The van der Waals surface area contributed by atoms with Gasteiger partial charge in [-0.05, 0) is 24.6 Å². The van der Waals surface area contributed by atoms with Crippen molar-refractivity contribution >= 4 is 34.9 Å². The number of halogens is 3. The standard InChI is InChI=1S/C14H11Cl2FN2O3/c1-5-10(18)8(16)12(14(20)21)19-11(5)6-3-4-7(15)13(22-2)9(6)17/h3-4H,1-2H3,(H2,18,19)(H,20,21). The molecule has 3 N–H and O–H groups in total. The summed E-state index contributed by atoms with van der Waals surface area (Å²) in [5.74, 6) is -2.28. The molecule has 22 heavy (non-hydrogen) atoms. The zero-order chi connectivity index (χ0) is 16.6.